The van der Waals surface area contributed by atoms with Crippen LogP contribution in [0.3, 0.4) is 0 Å². The Morgan fingerprint density at radius 2 is 1.97 bits per heavy atom. The van der Waals surface area contributed by atoms with Crippen molar-refractivity contribution >= 4 is 34.6 Å². The van der Waals surface area contributed by atoms with Crippen LogP contribution in [0.25, 0.3) is 10.9 Å². The highest BCUT2D eigenvalue weighted by Gasteiger charge is 2.11. The van der Waals surface area contributed by atoms with Gasteiger partial charge in [0.25, 0.3) is 5.91 Å². The summed E-state index contributed by atoms with van der Waals surface area (Å²) in [5.74, 6) is -0.285. The summed E-state index contributed by atoms with van der Waals surface area (Å²) in [6.07, 6.45) is 3.34. The van der Waals surface area contributed by atoms with Crippen molar-refractivity contribution in [3.63, 3.8) is 0 Å². The Kier molecular flexibility index (Phi) is 5.59. The van der Waals surface area contributed by atoms with Crippen LogP contribution in [0.15, 0.2) is 65.9 Å². The minimum absolute atomic E-state index is 0.285. The molecule has 0 aliphatic rings. The average Bonchev–Trinajstić information content (AvgIpc) is 3.00. The predicted molar refractivity (Wildman–Crippen MR) is 119 cm³/mol. The third-order valence-corrected chi connectivity index (χ3v) is 5.40. The smallest absolute Gasteiger partial charge is 0.267 e. The maximum atomic E-state index is 12.5. The molecule has 0 radical (unpaired) electrons. The molecule has 0 atom stereocenters. The third-order valence-electron chi connectivity index (χ3n) is 4.85. The number of carbonyl (C=O) groups excluding carboxylic acids is 1. The van der Waals surface area contributed by atoms with Gasteiger partial charge in [-0.15, -0.1) is 0 Å². The molecule has 4 rings (SSSR count). The fourth-order valence-corrected chi connectivity index (χ4v) is 3.41. The fourth-order valence-electron chi connectivity index (χ4n) is 3.27. The standard InChI is InChI=1S/C23H20ClN5O/c1-15-21(24)16(2)29(28-15)14-17-6-3-8-19(12-17)23(30)27-26-13-20-9-4-7-18-10-5-11-25-22(18)20/h3-13H,14H2,1-2H3,(H,27,30)/b26-13-. The highest BCUT2D eigenvalue weighted by Crippen LogP contribution is 2.20. The van der Waals surface area contributed by atoms with E-state index in [1.165, 1.54) is 0 Å². The van der Waals surface area contributed by atoms with Crippen LogP contribution in [0.2, 0.25) is 5.02 Å². The van der Waals surface area contributed by atoms with Crippen molar-refractivity contribution < 1.29 is 4.79 Å². The molecule has 2 aromatic carbocycles. The third kappa shape index (κ3) is 4.09. The fraction of sp³-hybridized carbons (Fsp3) is 0.130. The Bertz CT molecular complexity index is 1260. The van der Waals surface area contributed by atoms with Gasteiger partial charge in [-0.1, -0.05) is 48.0 Å². The van der Waals surface area contributed by atoms with Crippen molar-refractivity contribution in [2.75, 3.05) is 0 Å². The van der Waals surface area contributed by atoms with Gasteiger partial charge in [0, 0.05) is 22.7 Å². The summed E-state index contributed by atoms with van der Waals surface area (Å²) >= 11 is 6.22. The molecule has 2 aromatic heterocycles. The maximum Gasteiger partial charge on any atom is 0.271 e. The van der Waals surface area contributed by atoms with Crippen molar-refractivity contribution in [2.45, 2.75) is 20.4 Å². The molecule has 7 heteroatoms. The quantitative estimate of drug-likeness (QED) is 0.383. The maximum absolute atomic E-state index is 12.5. The summed E-state index contributed by atoms with van der Waals surface area (Å²) in [7, 11) is 0. The molecule has 6 nitrogen and oxygen atoms in total. The Labute approximate surface area is 179 Å². The molecule has 4 aromatic rings. The van der Waals surface area contributed by atoms with Gasteiger partial charge >= 0.3 is 0 Å². The van der Waals surface area contributed by atoms with E-state index in [2.05, 4.69) is 20.6 Å². The number of nitrogens with one attached hydrogen (secondary N) is 1. The lowest BCUT2D eigenvalue weighted by atomic mass is 10.1. The number of amides is 1. The summed E-state index contributed by atoms with van der Waals surface area (Å²) in [6.45, 7) is 4.33. The zero-order valence-electron chi connectivity index (χ0n) is 16.6. The van der Waals surface area contributed by atoms with Crippen LogP contribution >= 0.6 is 11.6 Å². The average molecular weight is 418 g/mol. The van der Waals surface area contributed by atoms with Gasteiger partial charge in [-0.25, -0.2) is 5.43 Å². The monoisotopic (exact) mass is 417 g/mol. The molecule has 0 saturated carbocycles. The highest BCUT2D eigenvalue weighted by molar-refractivity contribution is 6.31. The van der Waals surface area contributed by atoms with Gasteiger partial charge in [0.2, 0.25) is 0 Å². The second kappa shape index (κ2) is 8.47. The van der Waals surface area contributed by atoms with Crippen molar-refractivity contribution in [3.05, 3.63) is 93.9 Å². The molecule has 0 bridgehead atoms. The van der Waals surface area contributed by atoms with Crippen LogP contribution in [-0.2, 0) is 6.54 Å². The number of nitrogens with zero attached hydrogens (tertiary/aromatic N) is 4. The number of carbonyl (C=O) groups is 1. The van der Waals surface area contributed by atoms with Gasteiger partial charge in [0.05, 0.1) is 34.7 Å². The molecule has 0 aliphatic heterocycles. The van der Waals surface area contributed by atoms with Crippen LogP contribution < -0.4 is 5.43 Å². The van der Waals surface area contributed by atoms with Gasteiger partial charge in [-0.05, 0) is 37.6 Å². The number of aromatic nitrogens is 3. The zero-order valence-corrected chi connectivity index (χ0v) is 17.4. The van der Waals surface area contributed by atoms with Crippen LogP contribution in [0, 0.1) is 13.8 Å². The number of fused-ring (bicyclic) bond motifs is 1. The van der Waals surface area contributed by atoms with Crippen LogP contribution in [-0.4, -0.2) is 26.9 Å². The number of hydrogen-bond acceptors (Lipinski definition) is 4. The summed E-state index contributed by atoms with van der Waals surface area (Å²) in [4.78, 5) is 16.9. The lowest BCUT2D eigenvalue weighted by molar-refractivity contribution is 0.0955. The van der Waals surface area contributed by atoms with Crippen LogP contribution in [0.4, 0.5) is 0 Å². The minimum atomic E-state index is -0.285. The molecule has 0 unspecified atom stereocenters. The number of para-hydroxylation sites is 1. The summed E-state index contributed by atoms with van der Waals surface area (Å²) in [5, 5.41) is 10.2. The first-order valence-electron chi connectivity index (χ1n) is 9.48. The zero-order chi connectivity index (χ0) is 21.1. The SMILES string of the molecule is Cc1nn(Cc2cccc(C(=O)N/N=C\c3cccc4cccnc34)c2)c(C)c1Cl. The van der Waals surface area contributed by atoms with E-state index in [1.54, 1.807) is 18.5 Å². The first-order valence-corrected chi connectivity index (χ1v) is 9.86. The number of hydrazone groups is 1. The van der Waals surface area contributed by atoms with Gasteiger partial charge in [0.15, 0.2) is 0 Å². The molecule has 0 saturated heterocycles. The Morgan fingerprint density at radius 3 is 2.77 bits per heavy atom. The summed E-state index contributed by atoms with van der Waals surface area (Å²) in [6, 6.07) is 17.1. The lowest BCUT2D eigenvalue weighted by Gasteiger charge is -2.07. The van der Waals surface area contributed by atoms with Crippen LogP contribution in [0.1, 0.15) is 32.9 Å². The Hall–Kier alpha value is -3.51. The molecule has 30 heavy (non-hydrogen) atoms. The molecule has 1 N–H and O–H groups in total. The van der Waals surface area contributed by atoms with E-state index in [9.17, 15) is 4.79 Å². The van der Waals surface area contributed by atoms with Gasteiger partial charge in [0.1, 0.15) is 0 Å². The summed E-state index contributed by atoms with van der Waals surface area (Å²) in [5.41, 5.74) is 7.43. The number of benzene rings is 2. The van der Waals surface area contributed by atoms with Gasteiger partial charge < -0.3 is 0 Å². The second-order valence-corrected chi connectivity index (χ2v) is 7.34. The number of hydrogen-bond donors (Lipinski definition) is 1. The van der Waals surface area contributed by atoms with E-state index >= 15 is 0 Å². The second-order valence-electron chi connectivity index (χ2n) is 6.96. The largest absolute Gasteiger partial charge is 0.271 e. The van der Waals surface area contributed by atoms with Crippen molar-refractivity contribution in [2.24, 2.45) is 5.10 Å². The van der Waals surface area contributed by atoms with Crippen molar-refractivity contribution in [1.82, 2.24) is 20.2 Å². The number of halogens is 1. The van der Waals surface area contributed by atoms with E-state index in [1.807, 2.05) is 67.1 Å². The van der Waals surface area contributed by atoms with E-state index < -0.39 is 0 Å². The molecule has 0 fully saturated rings. The lowest BCUT2D eigenvalue weighted by Crippen LogP contribution is -2.18. The molecular formula is C23H20ClN5O. The molecule has 1 amide bonds. The van der Waals surface area contributed by atoms with E-state index in [0.717, 1.165) is 33.4 Å². The molecule has 150 valence electrons. The first kappa shape index (κ1) is 19.8. The van der Waals surface area contributed by atoms with Crippen molar-refractivity contribution in [1.29, 1.82) is 0 Å². The molecule has 0 spiro atoms. The minimum Gasteiger partial charge on any atom is -0.267 e. The van der Waals surface area contributed by atoms with Crippen LogP contribution in [0.5, 0.6) is 0 Å². The molecule has 2 heterocycles. The number of rotatable bonds is 5. The summed E-state index contributed by atoms with van der Waals surface area (Å²) < 4.78 is 1.83. The van der Waals surface area contributed by atoms with Gasteiger partial charge in [-0.2, -0.15) is 10.2 Å². The first-order chi connectivity index (χ1) is 14.5. The molecule has 0 aliphatic carbocycles. The van der Waals surface area contributed by atoms with E-state index in [0.29, 0.717) is 17.1 Å². The Balaban J connectivity index is 1.48. The topological polar surface area (TPSA) is 72.2 Å². The Morgan fingerprint density at radius 1 is 1.17 bits per heavy atom. The predicted octanol–water partition coefficient (Wildman–Crippen LogP) is 4.51. The van der Waals surface area contributed by atoms with E-state index in [-0.39, 0.29) is 5.91 Å². The number of aryl methyl sites for hydroxylation is 1. The van der Waals surface area contributed by atoms with Crippen molar-refractivity contribution in [3.8, 4) is 0 Å². The van der Waals surface area contributed by atoms with E-state index in [4.69, 9.17) is 11.6 Å². The normalized spacial score (nSPS) is 11.3. The number of pyridine rings is 1. The van der Waals surface area contributed by atoms with Gasteiger partial charge in [-0.3, -0.25) is 14.5 Å². The highest BCUT2D eigenvalue weighted by atomic mass is 35.5. The molecular weight excluding hydrogens is 398 g/mol.